The number of carboxylic acids is 1. The van der Waals surface area contributed by atoms with Crippen LogP contribution in [0.5, 0.6) is 5.75 Å². The lowest BCUT2D eigenvalue weighted by Crippen LogP contribution is -2.58. The van der Waals surface area contributed by atoms with Gasteiger partial charge in [-0.15, -0.1) is 0 Å². The Morgan fingerprint density at radius 3 is 1.77 bits per heavy atom. The molecule has 0 saturated heterocycles. The van der Waals surface area contributed by atoms with E-state index in [9.17, 15) is 34.2 Å². The van der Waals surface area contributed by atoms with Gasteiger partial charge in [0, 0.05) is 19.4 Å². The van der Waals surface area contributed by atoms with E-state index in [0.29, 0.717) is 17.5 Å². The van der Waals surface area contributed by atoms with Crippen LogP contribution in [0.25, 0.3) is 0 Å². The first-order valence-electron chi connectivity index (χ1n) is 13.4. The predicted octanol–water partition coefficient (Wildman–Crippen LogP) is -2.03. The van der Waals surface area contributed by atoms with Gasteiger partial charge in [-0.05, 0) is 36.1 Å². The molecule has 4 amide bonds. The van der Waals surface area contributed by atoms with Crippen LogP contribution in [0.3, 0.4) is 0 Å². The zero-order chi connectivity index (χ0) is 31.9. The first-order valence-corrected chi connectivity index (χ1v) is 13.4. The van der Waals surface area contributed by atoms with E-state index < -0.39 is 60.2 Å². The number of hydrogen-bond donors (Lipinski definition) is 9. The van der Waals surface area contributed by atoms with Crippen molar-refractivity contribution in [2.75, 3.05) is 6.54 Å². The van der Waals surface area contributed by atoms with Crippen LogP contribution in [0, 0.1) is 0 Å². The second kappa shape index (κ2) is 16.9. The smallest absolute Gasteiger partial charge is 0.326 e. The number of aliphatic imine (C=N–C) groups is 1. The molecule has 13 N–H and O–H groups in total. The lowest BCUT2D eigenvalue weighted by atomic mass is 10.0. The number of primary amides is 1. The molecule has 4 unspecified atom stereocenters. The predicted molar refractivity (Wildman–Crippen MR) is 157 cm³/mol. The summed E-state index contributed by atoms with van der Waals surface area (Å²) >= 11 is 0. The number of rotatable bonds is 17. The van der Waals surface area contributed by atoms with Crippen molar-refractivity contribution in [1.82, 2.24) is 16.0 Å². The molecule has 0 saturated carbocycles. The topological polar surface area (TPSA) is 278 Å². The van der Waals surface area contributed by atoms with Gasteiger partial charge < -0.3 is 49.1 Å². The normalized spacial score (nSPS) is 13.4. The van der Waals surface area contributed by atoms with Crippen molar-refractivity contribution in [3.8, 4) is 5.75 Å². The summed E-state index contributed by atoms with van der Waals surface area (Å²) in [6.45, 7) is 0.254. The third kappa shape index (κ3) is 12.5. The molecule has 15 heteroatoms. The standard InChI is InChI=1S/C28H38N8O7/c29-19(7-4-12-33-28(31)32)24(39)34-20(14-17-8-10-18(37)11-9-17)25(40)35-21(13-16-5-2-1-3-6-16)26(41)36-22(27(42)43)15-23(30)38/h1-3,5-6,8-11,19-22,37H,4,7,12-15,29H2,(H2,30,38)(H,34,39)(H,35,40)(H,36,41)(H,42,43)(H4,31,32,33). The Balaban J connectivity index is 2.28. The third-order valence-electron chi connectivity index (χ3n) is 6.25. The number of benzene rings is 2. The zero-order valence-electron chi connectivity index (χ0n) is 23.4. The minimum absolute atomic E-state index is 0.000117. The van der Waals surface area contributed by atoms with Gasteiger partial charge in [0.15, 0.2) is 5.96 Å². The molecule has 43 heavy (non-hydrogen) atoms. The molecule has 4 atom stereocenters. The Morgan fingerprint density at radius 1 is 0.744 bits per heavy atom. The average Bonchev–Trinajstić information content (AvgIpc) is 2.95. The molecule has 0 aliphatic rings. The minimum atomic E-state index is -1.62. The fraction of sp³-hybridized carbons (Fsp3) is 0.357. The maximum absolute atomic E-state index is 13.6. The van der Waals surface area contributed by atoms with E-state index in [0.717, 1.165) is 0 Å². The van der Waals surface area contributed by atoms with E-state index in [-0.39, 0.29) is 37.5 Å². The number of hydrogen-bond acceptors (Lipinski definition) is 8. The maximum atomic E-state index is 13.6. The SMILES string of the molecule is NC(=O)CC(NC(=O)C(Cc1ccccc1)NC(=O)C(Cc1ccc(O)cc1)NC(=O)C(N)CCCN=C(N)N)C(=O)O. The summed E-state index contributed by atoms with van der Waals surface area (Å²) in [5, 5.41) is 26.5. The molecule has 232 valence electrons. The minimum Gasteiger partial charge on any atom is -0.508 e. The molecule has 0 fully saturated rings. The molecule has 2 aromatic carbocycles. The molecule has 0 aliphatic heterocycles. The number of aromatic hydroxyl groups is 1. The highest BCUT2D eigenvalue weighted by atomic mass is 16.4. The van der Waals surface area contributed by atoms with Gasteiger partial charge in [0.2, 0.25) is 23.6 Å². The fourth-order valence-electron chi connectivity index (χ4n) is 4.01. The lowest BCUT2D eigenvalue weighted by Gasteiger charge is -2.25. The lowest BCUT2D eigenvalue weighted by molar-refractivity contribution is -0.143. The monoisotopic (exact) mass is 598 g/mol. The molecule has 0 spiro atoms. The largest absolute Gasteiger partial charge is 0.508 e. The van der Waals surface area contributed by atoms with Crippen LogP contribution in [-0.4, -0.2) is 76.5 Å². The number of carbonyl (C=O) groups excluding carboxylic acids is 4. The molecule has 0 bridgehead atoms. The number of nitrogens with one attached hydrogen (secondary N) is 3. The first kappa shape index (κ1) is 34.0. The number of nitrogens with two attached hydrogens (primary N) is 4. The first-order chi connectivity index (χ1) is 20.3. The van der Waals surface area contributed by atoms with Crippen LogP contribution < -0.4 is 38.9 Å². The van der Waals surface area contributed by atoms with Crippen LogP contribution in [0.15, 0.2) is 59.6 Å². The molecule has 0 aromatic heterocycles. The molecular formula is C28H38N8O7. The van der Waals surface area contributed by atoms with Gasteiger partial charge in [-0.2, -0.15) is 0 Å². The molecule has 0 aliphatic carbocycles. The second-order valence-corrected chi connectivity index (χ2v) is 9.81. The number of phenols is 1. The quantitative estimate of drug-likeness (QED) is 0.0547. The van der Waals surface area contributed by atoms with Crippen molar-refractivity contribution >= 4 is 35.6 Å². The number of aliphatic carboxylic acids is 1. The van der Waals surface area contributed by atoms with Crippen LogP contribution in [0.1, 0.15) is 30.4 Å². The number of guanidine groups is 1. The van der Waals surface area contributed by atoms with Crippen LogP contribution in [0.4, 0.5) is 0 Å². The highest BCUT2D eigenvalue weighted by Gasteiger charge is 2.31. The van der Waals surface area contributed by atoms with Crippen molar-refractivity contribution in [3.63, 3.8) is 0 Å². The van der Waals surface area contributed by atoms with Crippen LogP contribution in [-0.2, 0) is 36.8 Å². The highest BCUT2D eigenvalue weighted by molar-refractivity contribution is 5.95. The molecule has 0 heterocycles. The zero-order valence-corrected chi connectivity index (χ0v) is 23.4. The van der Waals surface area contributed by atoms with E-state index >= 15 is 0 Å². The molecular weight excluding hydrogens is 560 g/mol. The van der Waals surface area contributed by atoms with Gasteiger partial charge in [-0.3, -0.25) is 24.2 Å². The van der Waals surface area contributed by atoms with E-state index in [1.165, 1.54) is 12.1 Å². The van der Waals surface area contributed by atoms with Crippen LogP contribution in [0.2, 0.25) is 0 Å². The van der Waals surface area contributed by atoms with Crippen molar-refractivity contribution in [2.45, 2.75) is 56.3 Å². The van der Waals surface area contributed by atoms with Gasteiger partial charge in [-0.25, -0.2) is 4.79 Å². The number of phenolic OH excluding ortho intramolecular Hbond substituents is 1. The van der Waals surface area contributed by atoms with E-state index in [1.54, 1.807) is 42.5 Å². The number of nitrogens with zero attached hydrogens (tertiary/aromatic N) is 1. The van der Waals surface area contributed by atoms with Crippen molar-refractivity contribution < 1.29 is 34.2 Å². The third-order valence-corrected chi connectivity index (χ3v) is 6.25. The maximum Gasteiger partial charge on any atom is 0.326 e. The summed E-state index contributed by atoms with van der Waals surface area (Å²) < 4.78 is 0. The van der Waals surface area contributed by atoms with Gasteiger partial charge in [0.1, 0.15) is 23.9 Å². The second-order valence-electron chi connectivity index (χ2n) is 9.81. The van der Waals surface area contributed by atoms with E-state index in [4.69, 9.17) is 22.9 Å². The Labute approximate surface area is 248 Å². The number of amides is 4. The van der Waals surface area contributed by atoms with Gasteiger partial charge >= 0.3 is 5.97 Å². The van der Waals surface area contributed by atoms with Crippen molar-refractivity contribution in [1.29, 1.82) is 0 Å². The molecule has 15 nitrogen and oxygen atoms in total. The molecule has 0 radical (unpaired) electrons. The van der Waals surface area contributed by atoms with Gasteiger partial charge in [-0.1, -0.05) is 42.5 Å². The Morgan fingerprint density at radius 2 is 1.26 bits per heavy atom. The van der Waals surface area contributed by atoms with Crippen molar-refractivity contribution in [3.05, 3.63) is 65.7 Å². The van der Waals surface area contributed by atoms with Crippen LogP contribution >= 0.6 is 0 Å². The van der Waals surface area contributed by atoms with Gasteiger partial charge in [0.05, 0.1) is 12.5 Å². The van der Waals surface area contributed by atoms with E-state index in [2.05, 4.69) is 20.9 Å². The van der Waals surface area contributed by atoms with Gasteiger partial charge in [0.25, 0.3) is 0 Å². The summed E-state index contributed by atoms with van der Waals surface area (Å²) in [5.41, 5.74) is 23.0. The highest BCUT2D eigenvalue weighted by Crippen LogP contribution is 2.13. The Kier molecular flexibility index (Phi) is 13.4. The number of carboxylic acid groups (broad SMARTS) is 1. The summed E-state index contributed by atoms with van der Waals surface area (Å²) in [6, 6.07) is 9.45. The van der Waals surface area contributed by atoms with Crippen molar-refractivity contribution in [2.24, 2.45) is 27.9 Å². The summed E-state index contributed by atoms with van der Waals surface area (Å²) in [6.07, 6.45) is -0.112. The van der Waals surface area contributed by atoms with E-state index in [1.807, 2.05) is 0 Å². The molecule has 2 rings (SSSR count). The summed E-state index contributed by atoms with van der Waals surface area (Å²) in [5.74, 6) is -4.79. The average molecular weight is 599 g/mol. The summed E-state index contributed by atoms with van der Waals surface area (Å²) in [7, 11) is 0. The number of carbonyl (C=O) groups is 5. The fourth-order valence-corrected chi connectivity index (χ4v) is 4.01. The summed E-state index contributed by atoms with van der Waals surface area (Å²) in [4.78, 5) is 66.5. The Bertz CT molecular complexity index is 1280. The Hall–Kier alpha value is -5.18. The molecule has 2 aromatic rings.